The van der Waals surface area contributed by atoms with Gasteiger partial charge in [-0.25, -0.2) is 4.98 Å². The van der Waals surface area contributed by atoms with Gasteiger partial charge in [0.15, 0.2) is 10.9 Å². The van der Waals surface area contributed by atoms with Crippen LogP contribution in [0.2, 0.25) is 10.0 Å². The number of nitrogens with two attached hydrogens (primary N) is 2. The van der Waals surface area contributed by atoms with E-state index in [0.29, 0.717) is 16.4 Å². The number of ketones is 2. The van der Waals surface area contributed by atoms with Crippen LogP contribution >= 0.6 is 34.5 Å². The summed E-state index contributed by atoms with van der Waals surface area (Å²) in [7, 11) is 0. The van der Waals surface area contributed by atoms with Crippen molar-refractivity contribution in [1.82, 2.24) is 9.97 Å². The van der Waals surface area contributed by atoms with E-state index >= 15 is 0 Å². The molecule has 1 aliphatic rings. The van der Waals surface area contributed by atoms with Gasteiger partial charge < -0.3 is 21.5 Å². The number of rotatable bonds is 6. The summed E-state index contributed by atoms with van der Waals surface area (Å²) in [6.45, 7) is -0.0282. The molecular formula is C20H15Cl2N5O4S. The Balaban J connectivity index is 1.50. The van der Waals surface area contributed by atoms with Crippen molar-refractivity contribution in [3.05, 3.63) is 62.7 Å². The third-order valence-electron chi connectivity index (χ3n) is 4.81. The average molecular weight is 492 g/mol. The maximum atomic E-state index is 12.9. The molecule has 0 bridgehead atoms. The van der Waals surface area contributed by atoms with Crippen molar-refractivity contribution in [3.8, 4) is 0 Å². The Morgan fingerprint density at radius 1 is 1.16 bits per heavy atom. The van der Waals surface area contributed by atoms with Crippen molar-refractivity contribution in [3.63, 3.8) is 0 Å². The molecule has 0 saturated carbocycles. The Hall–Kier alpha value is -3.05. The highest BCUT2D eigenvalue weighted by molar-refractivity contribution is 7.18. The lowest BCUT2D eigenvalue weighted by Crippen LogP contribution is -2.36. The fourth-order valence-electron chi connectivity index (χ4n) is 3.12. The van der Waals surface area contributed by atoms with E-state index in [1.807, 2.05) is 0 Å². The topological polar surface area (TPSA) is 150 Å². The van der Waals surface area contributed by atoms with Crippen molar-refractivity contribution in [1.29, 1.82) is 0 Å². The lowest BCUT2D eigenvalue weighted by atomic mass is 9.93. The molecule has 0 amide bonds. The number of cyclic esters (lactones) is 1. The quantitative estimate of drug-likeness (QED) is 0.348. The number of nitrogens with one attached hydrogen (secondary N) is 1. The normalized spacial score (nSPS) is 17.8. The van der Waals surface area contributed by atoms with Gasteiger partial charge in [-0.15, -0.1) is 0 Å². The smallest absolute Gasteiger partial charge is 0.323 e. The highest BCUT2D eigenvalue weighted by Gasteiger charge is 2.39. The number of Topliss-reactive ketones (excluding diaryl/α,β-unsaturated/α-hetero) is 1. The SMILES string of the molecule is Nc1nc(Nc2ccc(C(=O)C3COC(=O)[C@H]3N)cc2)sc1C(=O)c1c(Cl)cncc1Cl. The number of ether oxygens (including phenoxy) is 1. The zero-order chi connectivity index (χ0) is 23.0. The summed E-state index contributed by atoms with van der Waals surface area (Å²) in [5, 5.41) is 3.62. The van der Waals surface area contributed by atoms with E-state index in [4.69, 9.17) is 39.4 Å². The number of thiazole rings is 1. The van der Waals surface area contributed by atoms with Gasteiger partial charge in [-0.1, -0.05) is 34.5 Å². The number of nitrogen functional groups attached to an aromatic ring is 1. The van der Waals surface area contributed by atoms with Crippen LogP contribution in [-0.2, 0) is 9.53 Å². The highest BCUT2D eigenvalue weighted by atomic mass is 35.5. The van der Waals surface area contributed by atoms with Crippen molar-refractivity contribution in [2.45, 2.75) is 6.04 Å². The molecule has 2 atom stereocenters. The lowest BCUT2D eigenvalue weighted by Gasteiger charge is -2.10. The molecule has 5 N–H and O–H groups in total. The monoisotopic (exact) mass is 491 g/mol. The summed E-state index contributed by atoms with van der Waals surface area (Å²) >= 11 is 13.2. The van der Waals surface area contributed by atoms with Crippen molar-refractivity contribution in [2.24, 2.45) is 11.7 Å². The first-order valence-corrected chi connectivity index (χ1v) is 10.8. The molecule has 4 rings (SSSR count). The Bertz CT molecular complexity index is 1210. The molecule has 3 aromatic rings. The molecule has 1 aliphatic heterocycles. The number of nitrogens with zero attached hydrogens (tertiary/aromatic N) is 2. The molecule has 1 unspecified atom stereocenters. The van der Waals surface area contributed by atoms with E-state index in [1.165, 1.54) is 12.4 Å². The molecule has 0 aliphatic carbocycles. The standard InChI is InChI=1S/C20H15Cl2N5O4S/c21-11-5-25-6-12(22)13(11)16(29)17-18(24)27-20(32-17)26-9-3-1-8(2-4-9)15(28)10-7-31-19(30)14(10)23/h1-6,10,14H,7,23-24H2,(H,26,27)/t10?,14-/m0/s1. The van der Waals surface area contributed by atoms with Gasteiger partial charge in [-0.3, -0.25) is 19.4 Å². The van der Waals surface area contributed by atoms with Crippen molar-refractivity contribution in [2.75, 3.05) is 17.7 Å². The predicted molar refractivity (Wildman–Crippen MR) is 121 cm³/mol. The predicted octanol–water partition coefficient (Wildman–Crippen LogP) is 3.08. The van der Waals surface area contributed by atoms with Gasteiger partial charge in [0.25, 0.3) is 0 Å². The second-order valence-corrected chi connectivity index (χ2v) is 8.68. The molecule has 1 saturated heterocycles. The molecule has 9 nitrogen and oxygen atoms in total. The second kappa shape index (κ2) is 8.83. The number of aromatic nitrogens is 2. The number of carbonyl (C=O) groups is 3. The first-order chi connectivity index (χ1) is 15.3. The maximum absolute atomic E-state index is 12.9. The number of carbonyl (C=O) groups excluding carboxylic acids is 3. The molecule has 12 heteroatoms. The van der Waals surface area contributed by atoms with Crippen LogP contribution in [0, 0.1) is 5.92 Å². The zero-order valence-electron chi connectivity index (χ0n) is 16.2. The summed E-state index contributed by atoms with van der Waals surface area (Å²) in [6, 6.07) is 5.55. The van der Waals surface area contributed by atoms with Gasteiger partial charge in [-0.2, -0.15) is 0 Å². The van der Waals surface area contributed by atoms with Crippen LogP contribution in [-0.4, -0.2) is 40.2 Å². The molecule has 2 aromatic heterocycles. The van der Waals surface area contributed by atoms with E-state index in [0.717, 1.165) is 11.3 Å². The molecule has 1 fully saturated rings. The Morgan fingerprint density at radius 3 is 2.41 bits per heavy atom. The first kappa shape index (κ1) is 22.2. The summed E-state index contributed by atoms with van der Waals surface area (Å²) in [4.78, 5) is 45.0. The van der Waals surface area contributed by atoms with E-state index in [9.17, 15) is 14.4 Å². The largest absolute Gasteiger partial charge is 0.464 e. The summed E-state index contributed by atoms with van der Waals surface area (Å²) < 4.78 is 4.84. The Morgan fingerprint density at radius 2 is 1.81 bits per heavy atom. The summed E-state index contributed by atoms with van der Waals surface area (Å²) in [6.07, 6.45) is 2.64. The Kier molecular flexibility index (Phi) is 6.11. The number of benzene rings is 1. The molecule has 0 spiro atoms. The van der Waals surface area contributed by atoms with E-state index in [2.05, 4.69) is 15.3 Å². The number of halogens is 2. The third kappa shape index (κ3) is 4.17. The van der Waals surface area contributed by atoms with Gasteiger partial charge in [0, 0.05) is 23.6 Å². The van der Waals surface area contributed by atoms with Crippen LogP contribution in [0.3, 0.4) is 0 Å². The van der Waals surface area contributed by atoms with Crippen LogP contribution in [0.5, 0.6) is 0 Å². The molecular weight excluding hydrogens is 477 g/mol. The minimum atomic E-state index is -0.961. The summed E-state index contributed by atoms with van der Waals surface area (Å²) in [5.41, 5.74) is 12.8. The van der Waals surface area contributed by atoms with Crippen LogP contribution in [0.4, 0.5) is 16.6 Å². The average Bonchev–Trinajstić information content (AvgIpc) is 3.29. The fourth-order valence-corrected chi connectivity index (χ4v) is 4.51. The van der Waals surface area contributed by atoms with Crippen molar-refractivity contribution >= 4 is 68.7 Å². The van der Waals surface area contributed by atoms with Crippen LogP contribution in [0.25, 0.3) is 0 Å². The lowest BCUT2D eigenvalue weighted by molar-refractivity contribution is -0.139. The third-order valence-corrected chi connectivity index (χ3v) is 6.37. The Labute approximate surface area is 195 Å². The maximum Gasteiger partial charge on any atom is 0.323 e. The first-order valence-electron chi connectivity index (χ1n) is 9.19. The van der Waals surface area contributed by atoms with E-state index in [1.54, 1.807) is 24.3 Å². The van der Waals surface area contributed by atoms with Gasteiger partial charge in [0.05, 0.1) is 21.5 Å². The van der Waals surface area contributed by atoms with Gasteiger partial charge in [0.2, 0.25) is 5.78 Å². The number of anilines is 3. The van der Waals surface area contributed by atoms with Crippen LogP contribution in [0.15, 0.2) is 36.7 Å². The number of hydrogen-bond donors (Lipinski definition) is 3. The number of esters is 1. The van der Waals surface area contributed by atoms with Crippen LogP contribution < -0.4 is 16.8 Å². The molecule has 1 aromatic carbocycles. The molecule has 0 radical (unpaired) electrons. The fraction of sp³-hybridized carbons (Fsp3) is 0.150. The molecule has 164 valence electrons. The van der Waals surface area contributed by atoms with E-state index < -0.39 is 23.7 Å². The second-order valence-electron chi connectivity index (χ2n) is 6.87. The number of pyridine rings is 1. The van der Waals surface area contributed by atoms with Crippen molar-refractivity contribution < 1.29 is 19.1 Å². The van der Waals surface area contributed by atoms with Gasteiger partial charge in [-0.05, 0) is 24.3 Å². The van der Waals surface area contributed by atoms with E-state index in [-0.39, 0.29) is 38.7 Å². The molecule has 3 heterocycles. The summed E-state index contributed by atoms with van der Waals surface area (Å²) in [5.74, 6) is -2.00. The van der Waals surface area contributed by atoms with Crippen LogP contribution in [0.1, 0.15) is 25.6 Å². The minimum Gasteiger partial charge on any atom is -0.464 e. The highest BCUT2D eigenvalue weighted by Crippen LogP contribution is 2.33. The number of hydrogen-bond acceptors (Lipinski definition) is 10. The zero-order valence-corrected chi connectivity index (χ0v) is 18.5. The molecule has 32 heavy (non-hydrogen) atoms. The minimum absolute atomic E-state index is 0.0260. The van der Waals surface area contributed by atoms with Gasteiger partial charge >= 0.3 is 5.97 Å². The van der Waals surface area contributed by atoms with Gasteiger partial charge in [0.1, 0.15) is 23.3 Å².